The summed E-state index contributed by atoms with van der Waals surface area (Å²) in [6.07, 6.45) is 1.96. The second-order valence-corrected chi connectivity index (χ2v) is 12.0. The fourth-order valence-electron chi connectivity index (χ4n) is 7.16. The second-order valence-electron chi connectivity index (χ2n) is 11.2. The Morgan fingerprint density at radius 2 is 1.64 bits per heavy atom. The van der Waals surface area contributed by atoms with Crippen LogP contribution in [0.15, 0.2) is 97.1 Å². The topological polar surface area (TPSA) is 110 Å². The van der Waals surface area contributed by atoms with Gasteiger partial charge in [0.15, 0.2) is 11.6 Å². The largest absolute Gasteiger partial charge is 0.352 e. The van der Waals surface area contributed by atoms with E-state index in [-0.39, 0.29) is 21.8 Å². The van der Waals surface area contributed by atoms with Crippen molar-refractivity contribution in [3.63, 3.8) is 0 Å². The van der Waals surface area contributed by atoms with Crippen molar-refractivity contribution in [3.05, 3.63) is 139 Å². The molecular weight excluding hydrogens is 601 g/mol. The van der Waals surface area contributed by atoms with Crippen LogP contribution in [0, 0.1) is 16.0 Å². The number of benzene rings is 4. The number of carbonyl (C=O) groups excluding carboxylic acids is 3. The molecule has 4 aromatic rings. The molecule has 0 aromatic heterocycles. The van der Waals surface area contributed by atoms with E-state index in [0.29, 0.717) is 22.0 Å². The summed E-state index contributed by atoms with van der Waals surface area (Å²) in [6, 6.07) is 22.7. The molecule has 7 rings (SSSR count). The summed E-state index contributed by atoms with van der Waals surface area (Å²) in [5.41, 5.74) is 2.24. The van der Waals surface area contributed by atoms with Gasteiger partial charge in [-0.3, -0.25) is 24.5 Å². The van der Waals surface area contributed by atoms with Gasteiger partial charge in [-0.25, -0.2) is 0 Å². The van der Waals surface area contributed by atoms with Crippen molar-refractivity contribution in [1.82, 2.24) is 0 Å². The van der Waals surface area contributed by atoms with Gasteiger partial charge in [-0.15, -0.1) is 0 Å². The third-order valence-corrected chi connectivity index (χ3v) is 9.54. The molecule has 1 fully saturated rings. The van der Waals surface area contributed by atoms with Gasteiger partial charge in [0.25, 0.3) is 5.69 Å². The first-order chi connectivity index (χ1) is 21.1. The van der Waals surface area contributed by atoms with Crippen molar-refractivity contribution in [3.8, 4) is 0 Å². The maximum Gasteiger partial charge on any atom is 0.269 e. The summed E-state index contributed by atoms with van der Waals surface area (Å²) >= 11 is 12.8. The van der Waals surface area contributed by atoms with Gasteiger partial charge in [-0.2, -0.15) is 0 Å². The zero-order valence-corrected chi connectivity index (χ0v) is 24.7. The molecule has 1 amide bonds. The highest BCUT2D eigenvalue weighted by molar-refractivity contribution is 6.37. The van der Waals surface area contributed by atoms with Crippen LogP contribution in [0.3, 0.4) is 0 Å². The molecule has 1 spiro atoms. The molecule has 0 bridgehead atoms. The number of Topliss-reactive ketones (excluding diaryl/α,β-unsaturated/α-hetero) is 2. The van der Waals surface area contributed by atoms with E-state index in [2.05, 4.69) is 5.32 Å². The predicted octanol–water partition coefficient (Wildman–Crippen LogP) is 7.15. The van der Waals surface area contributed by atoms with Crippen molar-refractivity contribution in [2.45, 2.75) is 24.4 Å². The Labute approximate surface area is 262 Å². The maximum absolute atomic E-state index is 14.9. The second kappa shape index (κ2) is 10.1. The Bertz CT molecular complexity index is 1960. The first-order valence-electron chi connectivity index (χ1n) is 13.9. The number of nitro benzene ring substituents is 1. The van der Waals surface area contributed by atoms with Crippen molar-refractivity contribution < 1.29 is 19.3 Å². The summed E-state index contributed by atoms with van der Waals surface area (Å²) in [4.78, 5) is 56.8. The number of hydrogen-bond acceptors (Lipinski definition) is 6. The summed E-state index contributed by atoms with van der Waals surface area (Å²) in [5, 5.41) is 14.8. The number of fused-ring (bicyclic) bond motifs is 6. The average molecular weight is 624 g/mol. The minimum atomic E-state index is -1.52. The lowest BCUT2D eigenvalue weighted by Gasteiger charge is -2.39. The van der Waals surface area contributed by atoms with Gasteiger partial charge < -0.3 is 10.2 Å². The lowest BCUT2D eigenvalue weighted by Crippen LogP contribution is -2.51. The third-order valence-electron chi connectivity index (χ3n) is 8.99. The van der Waals surface area contributed by atoms with Crippen molar-refractivity contribution >= 4 is 63.3 Å². The van der Waals surface area contributed by atoms with Crippen LogP contribution in [-0.4, -0.2) is 34.5 Å². The summed E-state index contributed by atoms with van der Waals surface area (Å²) < 4.78 is 0. The number of carbonyl (C=O) groups is 3. The van der Waals surface area contributed by atoms with Crippen LogP contribution in [0.4, 0.5) is 17.1 Å². The van der Waals surface area contributed by atoms with Gasteiger partial charge in [-0.05, 0) is 60.5 Å². The highest BCUT2D eigenvalue weighted by Crippen LogP contribution is 2.59. The zero-order valence-electron chi connectivity index (χ0n) is 23.2. The Kier molecular flexibility index (Phi) is 6.46. The van der Waals surface area contributed by atoms with Gasteiger partial charge in [-0.1, -0.05) is 65.7 Å². The smallest absolute Gasteiger partial charge is 0.269 e. The molecule has 3 aliphatic heterocycles. The Balaban J connectivity index is 1.54. The number of nitrogens with one attached hydrogen (secondary N) is 1. The number of allylic oxidation sites excluding steroid dienone is 1. The maximum atomic E-state index is 14.9. The molecule has 44 heavy (non-hydrogen) atoms. The number of hydrogen-bond donors (Lipinski definition) is 1. The van der Waals surface area contributed by atoms with E-state index in [1.165, 1.54) is 36.4 Å². The van der Waals surface area contributed by atoms with E-state index >= 15 is 0 Å². The fraction of sp³-hybridized carbons (Fsp3) is 0.147. The van der Waals surface area contributed by atoms with Gasteiger partial charge >= 0.3 is 0 Å². The van der Waals surface area contributed by atoms with Crippen LogP contribution >= 0.6 is 23.2 Å². The fourth-order valence-corrected chi connectivity index (χ4v) is 7.66. The number of ketones is 2. The van der Waals surface area contributed by atoms with Crippen molar-refractivity contribution in [2.24, 2.45) is 5.92 Å². The first-order valence-corrected chi connectivity index (χ1v) is 14.6. The summed E-state index contributed by atoms with van der Waals surface area (Å²) in [6.45, 7) is 1.95. The molecule has 218 valence electrons. The lowest BCUT2D eigenvalue weighted by atomic mass is 9.64. The molecule has 0 saturated carbocycles. The Morgan fingerprint density at radius 3 is 2.36 bits per heavy atom. The molecule has 8 nitrogen and oxygen atoms in total. The molecule has 3 heterocycles. The van der Waals surface area contributed by atoms with Gasteiger partial charge in [0, 0.05) is 45.2 Å². The van der Waals surface area contributed by atoms with Gasteiger partial charge in [0.05, 0.1) is 21.9 Å². The normalized spacial score (nSPS) is 23.0. The number of nitrogens with zero attached hydrogens (tertiary/aromatic N) is 2. The first kappa shape index (κ1) is 28.0. The number of amides is 1. The highest BCUT2D eigenvalue weighted by atomic mass is 35.5. The molecule has 0 radical (unpaired) electrons. The highest BCUT2D eigenvalue weighted by Gasteiger charge is 2.70. The molecule has 4 aromatic carbocycles. The van der Waals surface area contributed by atoms with Gasteiger partial charge in [0.2, 0.25) is 5.91 Å². The van der Waals surface area contributed by atoms with Crippen molar-refractivity contribution in [1.29, 1.82) is 0 Å². The standard InChI is InChI=1S/C34H23Cl2N3O5/c1-18-16-28-34(24-7-3-4-8-26(24)37-33(34)42)29(32(41)23-15-12-20(35)17-25(23)36)30(38(28)27-9-5-2-6-22(18)27)31(40)19-10-13-21(14-11-19)39(43)44/h2-17,28-30H,1H3,(H,37,42)/t28-,29-,30+,34-/m0/s1. The summed E-state index contributed by atoms with van der Waals surface area (Å²) in [5.74, 6) is -2.59. The molecule has 10 heteroatoms. The lowest BCUT2D eigenvalue weighted by molar-refractivity contribution is -0.384. The van der Waals surface area contributed by atoms with E-state index in [1.54, 1.807) is 24.3 Å². The number of rotatable bonds is 5. The molecule has 0 aliphatic carbocycles. The molecular formula is C34H23Cl2N3O5. The number of nitro groups is 1. The van der Waals surface area contributed by atoms with E-state index < -0.39 is 45.8 Å². The van der Waals surface area contributed by atoms with Crippen LogP contribution in [0.2, 0.25) is 10.0 Å². The molecule has 1 N–H and O–H groups in total. The van der Waals surface area contributed by atoms with Crippen LogP contribution < -0.4 is 10.2 Å². The van der Waals surface area contributed by atoms with Gasteiger partial charge in [0.1, 0.15) is 11.5 Å². The monoisotopic (exact) mass is 623 g/mol. The molecule has 4 atom stereocenters. The van der Waals surface area contributed by atoms with Crippen LogP contribution in [-0.2, 0) is 10.2 Å². The molecule has 1 saturated heterocycles. The van der Waals surface area contributed by atoms with E-state index in [4.69, 9.17) is 23.2 Å². The minimum absolute atomic E-state index is 0.0999. The van der Waals surface area contributed by atoms with Crippen LogP contribution in [0.25, 0.3) is 5.57 Å². The number of non-ortho nitro benzene ring substituents is 1. The average Bonchev–Trinajstić information content (AvgIpc) is 3.49. The minimum Gasteiger partial charge on any atom is -0.352 e. The van der Waals surface area contributed by atoms with E-state index in [9.17, 15) is 24.5 Å². The van der Waals surface area contributed by atoms with Crippen LogP contribution in [0.5, 0.6) is 0 Å². The van der Waals surface area contributed by atoms with E-state index in [1.807, 2.05) is 48.2 Å². The van der Waals surface area contributed by atoms with Crippen LogP contribution in [0.1, 0.15) is 38.8 Å². The zero-order chi connectivity index (χ0) is 30.9. The van der Waals surface area contributed by atoms with E-state index in [0.717, 1.165) is 11.1 Å². The summed E-state index contributed by atoms with van der Waals surface area (Å²) in [7, 11) is 0. The number of anilines is 2. The Morgan fingerprint density at radius 1 is 0.932 bits per heavy atom. The molecule has 0 unspecified atom stereocenters. The quantitative estimate of drug-likeness (QED) is 0.144. The number of halogens is 2. The Hall–Kier alpha value is -4.79. The van der Waals surface area contributed by atoms with Crippen molar-refractivity contribution in [2.75, 3.05) is 10.2 Å². The predicted molar refractivity (Wildman–Crippen MR) is 169 cm³/mol. The third kappa shape index (κ3) is 3.87. The SMILES string of the molecule is CC1=C[C@@H]2N(c3ccccc31)[C@@H](C(=O)c1ccc([N+](=O)[O-])cc1)[C@@H](C(=O)c1ccc(Cl)cc1Cl)[C@@]21C(=O)Nc2ccccc21. The number of para-hydroxylation sites is 2. The molecule has 3 aliphatic rings.